The molecule has 7 heteroatoms. The second kappa shape index (κ2) is 9.77. The van der Waals surface area contributed by atoms with Gasteiger partial charge in [-0.25, -0.2) is 0 Å². The molecule has 0 spiro atoms. The molecule has 0 aromatic carbocycles. The van der Waals surface area contributed by atoms with Crippen LogP contribution in [0.15, 0.2) is 0 Å². The van der Waals surface area contributed by atoms with Gasteiger partial charge in [0, 0.05) is 25.7 Å². The van der Waals surface area contributed by atoms with Crippen molar-refractivity contribution >= 4 is 30.7 Å². The van der Waals surface area contributed by atoms with Crippen LogP contribution in [-0.4, -0.2) is 62.3 Å². The quantitative estimate of drug-likeness (QED) is 0.746. The molecular weight excluding hydrogens is 289 g/mol. The van der Waals surface area contributed by atoms with Crippen LogP contribution < -0.4 is 10.6 Å². The lowest BCUT2D eigenvalue weighted by Crippen LogP contribution is -2.52. The van der Waals surface area contributed by atoms with Crippen LogP contribution in [0.3, 0.4) is 0 Å². The van der Waals surface area contributed by atoms with Crippen molar-refractivity contribution in [3.63, 3.8) is 0 Å². The molecule has 2 fully saturated rings. The summed E-state index contributed by atoms with van der Waals surface area (Å²) in [6.45, 7) is 6.91. The van der Waals surface area contributed by atoms with Crippen molar-refractivity contribution in [2.75, 3.05) is 39.4 Å². The molecule has 5 nitrogen and oxygen atoms in total. The van der Waals surface area contributed by atoms with E-state index in [1.807, 2.05) is 0 Å². The van der Waals surface area contributed by atoms with Gasteiger partial charge in [-0.2, -0.15) is 0 Å². The van der Waals surface area contributed by atoms with Gasteiger partial charge in [-0.05, 0) is 19.4 Å². The third kappa shape index (κ3) is 6.27. The average molecular weight is 314 g/mol. The maximum absolute atomic E-state index is 11.8. The number of nitrogens with one attached hydrogen (secondary N) is 2. The number of hydrogen-bond donors (Lipinski definition) is 2. The van der Waals surface area contributed by atoms with Crippen molar-refractivity contribution in [3.05, 3.63) is 0 Å². The van der Waals surface area contributed by atoms with E-state index in [9.17, 15) is 4.79 Å². The highest BCUT2D eigenvalue weighted by molar-refractivity contribution is 5.85. The molecule has 1 atom stereocenters. The van der Waals surface area contributed by atoms with Crippen molar-refractivity contribution < 1.29 is 9.53 Å². The van der Waals surface area contributed by atoms with Crippen molar-refractivity contribution in [1.29, 1.82) is 0 Å². The van der Waals surface area contributed by atoms with Gasteiger partial charge in [0.25, 0.3) is 0 Å². The molecule has 19 heavy (non-hydrogen) atoms. The third-order valence-corrected chi connectivity index (χ3v) is 3.41. The summed E-state index contributed by atoms with van der Waals surface area (Å²) < 4.78 is 5.27. The summed E-state index contributed by atoms with van der Waals surface area (Å²) in [5.41, 5.74) is 0. The van der Waals surface area contributed by atoms with Crippen LogP contribution >= 0.6 is 24.8 Å². The zero-order valence-corrected chi connectivity index (χ0v) is 13.0. The molecule has 2 rings (SSSR count). The molecule has 2 aliphatic rings. The van der Waals surface area contributed by atoms with Crippen LogP contribution in [0.25, 0.3) is 0 Å². The molecule has 1 heterocycles. The molecule has 0 aromatic heterocycles. The molecule has 2 N–H and O–H groups in total. The first-order valence-electron chi connectivity index (χ1n) is 6.64. The van der Waals surface area contributed by atoms with Gasteiger partial charge in [0.05, 0.1) is 13.2 Å². The van der Waals surface area contributed by atoms with Crippen molar-refractivity contribution in [2.24, 2.45) is 0 Å². The highest BCUT2D eigenvalue weighted by Crippen LogP contribution is 2.25. The van der Waals surface area contributed by atoms with Gasteiger partial charge in [-0.1, -0.05) is 6.92 Å². The van der Waals surface area contributed by atoms with Crippen LogP contribution in [0, 0.1) is 0 Å². The van der Waals surface area contributed by atoms with Gasteiger partial charge < -0.3 is 15.4 Å². The largest absolute Gasteiger partial charge is 0.378 e. The maximum Gasteiger partial charge on any atom is 0.239 e. The molecule has 0 radical (unpaired) electrons. The minimum absolute atomic E-state index is 0. The maximum atomic E-state index is 11.8. The number of ether oxygens (including phenoxy) is 1. The number of rotatable bonds is 6. The molecular formula is C12H25Cl2N3O2. The average Bonchev–Trinajstić information content (AvgIpc) is 3.20. The fourth-order valence-corrected chi connectivity index (χ4v) is 2.22. The van der Waals surface area contributed by atoms with Gasteiger partial charge in [0.15, 0.2) is 0 Å². The minimum Gasteiger partial charge on any atom is -0.378 e. The zero-order chi connectivity index (χ0) is 12.1. The van der Waals surface area contributed by atoms with Crippen LogP contribution in [0.1, 0.15) is 19.8 Å². The Hall–Kier alpha value is -0.0700. The van der Waals surface area contributed by atoms with E-state index in [-0.39, 0.29) is 36.8 Å². The van der Waals surface area contributed by atoms with Gasteiger partial charge in [0.1, 0.15) is 6.04 Å². The van der Waals surface area contributed by atoms with E-state index in [0.29, 0.717) is 13.2 Å². The SMILES string of the molecule is CCN(CCNC(=O)C1COCCN1)C1CC1.Cl.Cl. The number of halogens is 2. The van der Waals surface area contributed by atoms with E-state index in [1.54, 1.807) is 0 Å². The summed E-state index contributed by atoms with van der Waals surface area (Å²) in [5, 5.41) is 6.13. The number of carbonyl (C=O) groups is 1. The molecule has 0 aromatic rings. The lowest BCUT2D eigenvalue weighted by atomic mass is 10.2. The Labute approximate surface area is 127 Å². The van der Waals surface area contributed by atoms with Gasteiger partial charge >= 0.3 is 0 Å². The van der Waals surface area contributed by atoms with Gasteiger partial charge in [0.2, 0.25) is 5.91 Å². The van der Waals surface area contributed by atoms with E-state index in [1.165, 1.54) is 12.8 Å². The van der Waals surface area contributed by atoms with Gasteiger partial charge in [-0.3, -0.25) is 9.69 Å². The van der Waals surface area contributed by atoms with Crippen LogP contribution in [0.4, 0.5) is 0 Å². The summed E-state index contributed by atoms with van der Waals surface area (Å²) in [4.78, 5) is 14.2. The highest BCUT2D eigenvalue weighted by atomic mass is 35.5. The molecule has 1 saturated carbocycles. The van der Waals surface area contributed by atoms with Gasteiger partial charge in [-0.15, -0.1) is 24.8 Å². The molecule has 1 amide bonds. The topological polar surface area (TPSA) is 53.6 Å². The van der Waals surface area contributed by atoms with Crippen LogP contribution in [-0.2, 0) is 9.53 Å². The summed E-state index contributed by atoms with van der Waals surface area (Å²) >= 11 is 0. The van der Waals surface area contributed by atoms with E-state index >= 15 is 0 Å². The number of carbonyl (C=O) groups excluding carboxylic acids is 1. The number of nitrogens with zero attached hydrogens (tertiary/aromatic N) is 1. The Morgan fingerprint density at radius 1 is 1.42 bits per heavy atom. The summed E-state index contributed by atoms with van der Waals surface area (Å²) in [7, 11) is 0. The Kier molecular flexibility index (Phi) is 9.74. The highest BCUT2D eigenvalue weighted by Gasteiger charge is 2.27. The minimum atomic E-state index is -0.167. The second-order valence-corrected chi connectivity index (χ2v) is 4.73. The smallest absolute Gasteiger partial charge is 0.239 e. The monoisotopic (exact) mass is 313 g/mol. The predicted octanol–water partition coefficient (Wildman–Crippen LogP) is 0.419. The number of hydrogen-bond acceptors (Lipinski definition) is 4. The number of likely N-dealkylation sites (N-methyl/N-ethyl adjacent to an activating group) is 1. The normalized spacial score (nSPS) is 22.3. The lowest BCUT2D eigenvalue weighted by molar-refractivity contribution is -0.125. The first-order chi connectivity index (χ1) is 8.31. The Bertz CT molecular complexity index is 259. The Morgan fingerprint density at radius 3 is 2.68 bits per heavy atom. The summed E-state index contributed by atoms with van der Waals surface area (Å²) in [6.07, 6.45) is 2.64. The van der Waals surface area contributed by atoms with E-state index in [2.05, 4.69) is 22.5 Å². The molecule has 1 aliphatic heterocycles. The number of amides is 1. The van der Waals surface area contributed by atoms with Crippen molar-refractivity contribution in [3.8, 4) is 0 Å². The Morgan fingerprint density at radius 2 is 2.16 bits per heavy atom. The second-order valence-electron chi connectivity index (χ2n) is 4.73. The Balaban J connectivity index is 0.00000162. The first kappa shape index (κ1) is 18.9. The fourth-order valence-electron chi connectivity index (χ4n) is 2.22. The molecule has 114 valence electrons. The summed E-state index contributed by atoms with van der Waals surface area (Å²) in [5.74, 6) is 0.0663. The molecule has 1 aliphatic carbocycles. The van der Waals surface area contributed by atoms with E-state index in [0.717, 1.165) is 32.2 Å². The predicted molar refractivity (Wildman–Crippen MR) is 80.4 cm³/mol. The molecule has 1 saturated heterocycles. The zero-order valence-electron chi connectivity index (χ0n) is 11.4. The third-order valence-electron chi connectivity index (χ3n) is 3.41. The first-order valence-corrected chi connectivity index (χ1v) is 6.64. The van der Waals surface area contributed by atoms with Crippen LogP contribution in [0.5, 0.6) is 0 Å². The lowest BCUT2D eigenvalue weighted by Gasteiger charge is -2.24. The summed E-state index contributed by atoms with van der Waals surface area (Å²) in [6, 6.07) is 0.604. The fraction of sp³-hybridized carbons (Fsp3) is 0.917. The van der Waals surface area contributed by atoms with Crippen LogP contribution in [0.2, 0.25) is 0 Å². The molecule has 0 bridgehead atoms. The van der Waals surface area contributed by atoms with Crippen molar-refractivity contribution in [2.45, 2.75) is 31.8 Å². The molecule has 1 unspecified atom stereocenters. The van der Waals surface area contributed by atoms with E-state index in [4.69, 9.17) is 4.74 Å². The van der Waals surface area contributed by atoms with E-state index < -0.39 is 0 Å². The van der Waals surface area contributed by atoms with Crippen molar-refractivity contribution in [1.82, 2.24) is 15.5 Å². The number of morpholine rings is 1. The standard InChI is InChI=1S/C12H23N3O2.2ClH/c1-2-15(10-3-4-10)7-5-14-12(16)11-9-17-8-6-13-11;;/h10-11,13H,2-9H2,1H3,(H,14,16);2*1H.